The normalized spacial score (nSPS) is 11.5. The van der Waals surface area contributed by atoms with Crippen molar-refractivity contribution in [1.82, 2.24) is 9.36 Å². The zero-order chi connectivity index (χ0) is 24.6. The number of ether oxygens (including phenoxy) is 1. The minimum Gasteiger partial charge on any atom is -0.495 e. The van der Waals surface area contributed by atoms with Crippen molar-refractivity contribution in [1.29, 1.82) is 0 Å². The van der Waals surface area contributed by atoms with Gasteiger partial charge in [-0.2, -0.15) is 4.37 Å². The van der Waals surface area contributed by atoms with Crippen LogP contribution >= 0.6 is 11.5 Å². The van der Waals surface area contributed by atoms with Gasteiger partial charge in [0.05, 0.1) is 12.0 Å². The maximum atomic E-state index is 13.9. The van der Waals surface area contributed by atoms with Crippen LogP contribution in [0.4, 0.5) is 20.3 Å². The number of rotatable bonds is 6. The Morgan fingerprint density at radius 2 is 1.69 bits per heavy atom. The summed E-state index contributed by atoms with van der Waals surface area (Å²) in [5.41, 5.74) is 0.949. The molecular weight excluding hydrogens is 492 g/mol. The van der Waals surface area contributed by atoms with Gasteiger partial charge in [-0.1, -0.05) is 12.1 Å². The van der Waals surface area contributed by atoms with Crippen LogP contribution < -0.4 is 9.04 Å². The summed E-state index contributed by atoms with van der Waals surface area (Å²) in [6.07, 6.45) is 3.24. The second kappa shape index (κ2) is 9.05. The second-order valence-corrected chi connectivity index (χ2v) is 10.0. The van der Waals surface area contributed by atoms with E-state index in [1.54, 1.807) is 48.1 Å². The topological polar surface area (TPSA) is 72.4 Å². The Morgan fingerprint density at radius 3 is 2.40 bits per heavy atom. The first-order valence-corrected chi connectivity index (χ1v) is 12.6. The molecule has 5 aromatic rings. The first kappa shape index (κ1) is 22.9. The molecule has 0 spiro atoms. The molecule has 0 saturated carbocycles. The van der Waals surface area contributed by atoms with Crippen molar-refractivity contribution in [3.8, 4) is 16.9 Å². The van der Waals surface area contributed by atoms with E-state index in [-0.39, 0.29) is 22.2 Å². The van der Waals surface area contributed by atoms with E-state index in [0.29, 0.717) is 11.1 Å². The Bertz CT molecular complexity index is 1620. The highest BCUT2D eigenvalue weighted by Crippen LogP contribution is 2.40. The lowest BCUT2D eigenvalue weighted by Gasteiger charge is -2.24. The number of hydrogen-bond donors (Lipinski definition) is 0. The van der Waals surface area contributed by atoms with Crippen molar-refractivity contribution in [2.24, 2.45) is 0 Å². The molecule has 0 atom stereocenters. The molecule has 0 bridgehead atoms. The van der Waals surface area contributed by atoms with Crippen molar-refractivity contribution in [2.45, 2.75) is 4.90 Å². The highest BCUT2D eigenvalue weighted by molar-refractivity contribution is 7.93. The zero-order valence-corrected chi connectivity index (χ0v) is 19.9. The summed E-state index contributed by atoms with van der Waals surface area (Å²) in [6, 6.07) is 15.9. The minimum atomic E-state index is -4.13. The molecule has 0 aliphatic rings. The summed E-state index contributed by atoms with van der Waals surface area (Å²) in [4.78, 5) is 4.12. The van der Waals surface area contributed by atoms with Gasteiger partial charge < -0.3 is 4.74 Å². The second-order valence-electron chi connectivity index (χ2n) is 7.56. The van der Waals surface area contributed by atoms with Crippen LogP contribution in [0.5, 0.6) is 5.75 Å². The molecule has 0 unspecified atom stereocenters. The van der Waals surface area contributed by atoms with Crippen LogP contribution in [-0.2, 0) is 10.0 Å². The number of methoxy groups -OCH3 is 1. The number of sulfonamides is 1. The predicted molar refractivity (Wildman–Crippen MR) is 132 cm³/mol. The van der Waals surface area contributed by atoms with Crippen LogP contribution in [0.2, 0.25) is 0 Å². The SMILES string of the molecule is COc1cc(-c2cc(F)cc(F)c2)ccc1N(c1ccsn1)S(=O)(=O)c1ccc2cnccc2c1. The van der Waals surface area contributed by atoms with Crippen LogP contribution in [0, 0.1) is 11.6 Å². The third kappa shape index (κ3) is 4.33. The molecule has 6 nitrogen and oxygen atoms in total. The van der Waals surface area contributed by atoms with E-state index in [4.69, 9.17) is 4.74 Å². The Hall–Kier alpha value is -3.89. The molecule has 0 N–H and O–H groups in total. The molecule has 0 aliphatic carbocycles. The molecule has 0 amide bonds. The zero-order valence-electron chi connectivity index (χ0n) is 18.2. The van der Waals surface area contributed by atoms with Gasteiger partial charge in [-0.3, -0.25) is 4.98 Å². The Labute approximate surface area is 204 Å². The molecule has 0 saturated heterocycles. The monoisotopic (exact) mass is 509 g/mol. The van der Waals surface area contributed by atoms with Gasteiger partial charge in [0.1, 0.15) is 23.1 Å². The van der Waals surface area contributed by atoms with E-state index in [1.165, 1.54) is 37.4 Å². The quantitative estimate of drug-likeness (QED) is 0.274. The molecule has 10 heteroatoms. The summed E-state index contributed by atoms with van der Waals surface area (Å²) in [5, 5.41) is 3.19. The number of hydrogen-bond acceptors (Lipinski definition) is 6. The van der Waals surface area contributed by atoms with Crippen molar-refractivity contribution >= 4 is 43.8 Å². The fourth-order valence-electron chi connectivity index (χ4n) is 3.76. The first-order chi connectivity index (χ1) is 16.9. The molecule has 5 rings (SSSR count). The van der Waals surface area contributed by atoms with E-state index in [0.717, 1.165) is 32.7 Å². The number of benzene rings is 3. The maximum absolute atomic E-state index is 13.9. The summed E-state index contributed by atoms with van der Waals surface area (Å²) in [5.74, 6) is -1.07. The number of nitrogens with zero attached hydrogens (tertiary/aromatic N) is 3. The van der Waals surface area contributed by atoms with Crippen LogP contribution in [0.1, 0.15) is 0 Å². The van der Waals surface area contributed by atoms with Gasteiger partial charge in [0.2, 0.25) is 0 Å². The highest BCUT2D eigenvalue weighted by atomic mass is 32.2. The Balaban J connectivity index is 1.67. The number of aromatic nitrogens is 2. The van der Waals surface area contributed by atoms with Crippen LogP contribution in [0.25, 0.3) is 21.9 Å². The smallest absolute Gasteiger partial charge is 0.270 e. The number of halogens is 2. The first-order valence-electron chi connectivity index (χ1n) is 10.3. The third-order valence-electron chi connectivity index (χ3n) is 5.38. The van der Waals surface area contributed by atoms with E-state index in [2.05, 4.69) is 9.36 Å². The molecule has 35 heavy (non-hydrogen) atoms. The van der Waals surface area contributed by atoms with Gasteiger partial charge in [0.15, 0.2) is 5.82 Å². The molecule has 2 heterocycles. The highest BCUT2D eigenvalue weighted by Gasteiger charge is 2.31. The minimum absolute atomic E-state index is 0.0579. The van der Waals surface area contributed by atoms with E-state index >= 15 is 0 Å². The van der Waals surface area contributed by atoms with Gasteiger partial charge in [0, 0.05) is 29.2 Å². The van der Waals surface area contributed by atoms with Gasteiger partial charge in [-0.05, 0) is 76.6 Å². The molecule has 176 valence electrons. The van der Waals surface area contributed by atoms with E-state index < -0.39 is 21.7 Å². The van der Waals surface area contributed by atoms with Gasteiger partial charge in [-0.15, -0.1) is 0 Å². The average molecular weight is 510 g/mol. The summed E-state index contributed by atoms with van der Waals surface area (Å²) < 4.78 is 66.2. The van der Waals surface area contributed by atoms with Crippen molar-refractivity contribution in [2.75, 3.05) is 11.4 Å². The molecule has 2 aromatic heterocycles. The lowest BCUT2D eigenvalue weighted by molar-refractivity contribution is 0.416. The van der Waals surface area contributed by atoms with Crippen molar-refractivity contribution in [3.63, 3.8) is 0 Å². The molecule has 3 aromatic carbocycles. The summed E-state index contributed by atoms with van der Waals surface area (Å²) >= 11 is 1.10. The van der Waals surface area contributed by atoms with Gasteiger partial charge in [0.25, 0.3) is 10.0 Å². The lowest BCUT2D eigenvalue weighted by Crippen LogP contribution is -2.27. The number of pyridine rings is 1. The van der Waals surface area contributed by atoms with Crippen LogP contribution in [0.3, 0.4) is 0 Å². The van der Waals surface area contributed by atoms with E-state index in [9.17, 15) is 17.2 Å². The van der Waals surface area contributed by atoms with Crippen LogP contribution in [-0.4, -0.2) is 24.9 Å². The molecule has 0 aliphatic heterocycles. The Morgan fingerprint density at radius 1 is 0.886 bits per heavy atom. The fraction of sp³-hybridized carbons (Fsp3) is 0.0400. The predicted octanol–water partition coefficient (Wildman–Crippen LogP) is 6.17. The van der Waals surface area contributed by atoms with Gasteiger partial charge in [-0.25, -0.2) is 21.5 Å². The third-order valence-corrected chi connectivity index (χ3v) is 7.64. The molecule has 0 fully saturated rings. The largest absolute Gasteiger partial charge is 0.495 e. The average Bonchev–Trinajstić information content (AvgIpc) is 3.37. The number of fused-ring (bicyclic) bond motifs is 1. The number of anilines is 2. The molecular formula is C25H17F2N3O3S2. The summed E-state index contributed by atoms with van der Waals surface area (Å²) in [7, 11) is -2.74. The summed E-state index contributed by atoms with van der Waals surface area (Å²) in [6.45, 7) is 0. The van der Waals surface area contributed by atoms with Crippen LogP contribution in [0.15, 0.2) is 89.4 Å². The van der Waals surface area contributed by atoms with Crippen molar-refractivity contribution in [3.05, 3.63) is 96.1 Å². The Kier molecular flexibility index (Phi) is 5.91. The lowest BCUT2D eigenvalue weighted by atomic mass is 10.0. The van der Waals surface area contributed by atoms with E-state index in [1.807, 2.05) is 0 Å². The van der Waals surface area contributed by atoms with Gasteiger partial charge >= 0.3 is 0 Å². The van der Waals surface area contributed by atoms with Crippen molar-refractivity contribution < 1.29 is 21.9 Å². The standard InChI is InChI=1S/C25H17F2N3O3S2/c1-33-24-13-16(19-10-20(26)14-21(27)11-19)3-5-23(24)30(25-7-9-34-29-25)35(31,32)22-4-2-18-15-28-8-6-17(18)12-22/h2-15H,1H3. The fourth-order valence-corrected chi connectivity index (χ4v) is 5.79. The maximum Gasteiger partial charge on any atom is 0.270 e. The molecule has 0 radical (unpaired) electrons.